The first-order valence-electron chi connectivity index (χ1n) is 12.1. The molecule has 2 saturated heterocycles. The van der Waals surface area contributed by atoms with Crippen LogP contribution >= 0.6 is 11.6 Å². The van der Waals surface area contributed by atoms with Crippen LogP contribution in [0.4, 0.5) is 4.79 Å². The van der Waals surface area contributed by atoms with Crippen molar-refractivity contribution < 1.29 is 19.1 Å². The Hall–Kier alpha value is -3.31. The third-order valence-electron chi connectivity index (χ3n) is 7.00. The number of piperidine rings is 1. The van der Waals surface area contributed by atoms with Gasteiger partial charge in [-0.25, -0.2) is 9.59 Å². The summed E-state index contributed by atoms with van der Waals surface area (Å²) in [5, 5.41) is 0. The average Bonchev–Trinajstić information content (AvgIpc) is 3.18. The van der Waals surface area contributed by atoms with E-state index in [1.165, 1.54) is 0 Å². The minimum absolute atomic E-state index is 0.00648. The molecule has 6 heteroatoms. The van der Waals surface area contributed by atoms with Crippen molar-refractivity contribution in [3.8, 4) is 0 Å². The van der Waals surface area contributed by atoms with Gasteiger partial charge in [0.05, 0.1) is 0 Å². The largest absolute Gasteiger partial charge is 0.460 e. The van der Waals surface area contributed by atoms with E-state index in [0.717, 1.165) is 18.4 Å². The van der Waals surface area contributed by atoms with Crippen LogP contribution < -0.4 is 0 Å². The van der Waals surface area contributed by atoms with Gasteiger partial charge in [0.15, 0.2) is 4.87 Å². The number of carbonyl (C=O) groups is 2. The van der Waals surface area contributed by atoms with Gasteiger partial charge >= 0.3 is 12.1 Å². The molecule has 3 atom stereocenters. The van der Waals surface area contributed by atoms with Crippen LogP contribution in [0.25, 0.3) is 0 Å². The van der Waals surface area contributed by atoms with E-state index in [0.29, 0.717) is 24.0 Å². The predicted molar refractivity (Wildman–Crippen MR) is 134 cm³/mol. The molecule has 0 N–H and O–H groups in total. The highest BCUT2D eigenvalue weighted by atomic mass is 35.5. The topological polar surface area (TPSA) is 55.8 Å². The molecule has 0 radical (unpaired) electrons. The summed E-state index contributed by atoms with van der Waals surface area (Å²) in [5.41, 5.74) is 2.29. The maximum Gasteiger partial charge on any atom is 0.410 e. The van der Waals surface area contributed by atoms with Gasteiger partial charge in [0.25, 0.3) is 0 Å². The standard InChI is InChI=1S/C29H28ClNO4/c30-29(22-12-6-2-7-13-22,23-14-8-3-9-15-23)27(32)35-26-18-24-16-17-25(19-26)31(24)28(33)34-20-21-10-4-1-5-11-21/h1-15,24-26H,16-20H2/t24-,25+,26?. The molecule has 2 aliphatic heterocycles. The van der Waals surface area contributed by atoms with Crippen molar-refractivity contribution in [1.82, 2.24) is 4.90 Å². The SMILES string of the molecule is O=C(OCc1ccccc1)N1[C@@H]2CC[C@H]1CC(OC(=O)C(Cl)(c1ccccc1)c1ccccc1)C2. The van der Waals surface area contributed by atoms with E-state index in [4.69, 9.17) is 21.1 Å². The van der Waals surface area contributed by atoms with Crippen molar-refractivity contribution in [1.29, 1.82) is 0 Å². The number of rotatable bonds is 6. The molecule has 5 rings (SSSR count). The number of carbonyl (C=O) groups excluding carboxylic acids is 2. The monoisotopic (exact) mass is 489 g/mol. The predicted octanol–water partition coefficient (Wildman–Crippen LogP) is 6.04. The Morgan fingerprint density at radius 2 is 1.29 bits per heavy atom. The van der Waals surface area contributed by atoms with Crippen LogP contribution in [0.5, 0.6) is 0 Å². The van der Waals surface area contributed by atoms with E-state index in [1.807, 2.05) is 95.9 Å². The Kier molecular flexibility index (Phi) is 6.78. The molecule has 2 fully saturated rings. The lowest BCUT2D eigenvalue weighted by Crippen LogP contribution is -2.50. The number of ether oxygens (including phenoxy) is 2. The number of benzene rings is 3. The molecule has 0 aromatic heterocycles. The zero-order chi connectivity index (χ0) is 24.3. The van der Waals surface area contributed by atoms with E-state index in [9.17, 15) is 9.59 Å². The molecule has 2 aliphatic rings. The lowest BCUT2D eigenvalue weighted by molar-refractivity contribution is -0.154. The zero-order valence-electron chi connectivity index (χ0n) is 19.4. The van der Waals surface area contributed by atoms with Crippen LogP contribution in [0.15, 0.2) is 91.0 Å². The number of hydrogen-bond donors (Lipinski definition) is 0. The number of esters is 1. The quantitative estimate of drug-likeness (QED) is 0.312. The second-order valence-corrected chi connectivity index (χ2v) is 9.79. The van der Waals surface area contributed by atoms with Crippen LogP contribution in [-0.4, -0.2) is 35.2 Å². The van der Waals surface area contributed by atoms with Gasteiger partial charge in [-0.2, -0.15) is 0 Å². The highest BCUT2D eigenvalue weighted by molar-refractivity contribution is 6.36. The minimum atomic E-state index is -1.44. The molecular formula is C29H28ClNO4. The molecule has 180 valence electrons. The summed E-state index contributed by atoms with van der Waals surface area (Å²) in [6.45, 7) is 0.247. The van der Waals surface area contributed by atoms with Crippen LogP contribution in [-0.2, 0) is 25.7 Å². The van der Waals surface area contributed by atoms with Crippen molar-refractivity contribution in [2.24, 2.45) is 0 Å². The maximum atomic E-state index is 13.6. The number of halogens is 1. The molecule has 1 unspecified atom stereocenters. The first-order chi connectivity index (χ1) is 17.1. The summed E-state index contributed by atoms with van der Waals surface area (Å²) < 4.78 is 11.6. The van der Waals surface area contributed by atoms with Gasteiger partial charge in [0.1, 0.15) is 12.7 Å². The van der Waals surface area contributed by atoms with Crippen molar-refractivity contribution in [2.45, 2.75) is 55.4 Å². The Morgan fingerprint density at radius 3 is 1.80 bits per heavy atom. The number of alkyl halides is 1. The molecule has 2 heterocycles. The van der Waals surface area contributed by atoms with E-state index in [-0.39, 0.29) is 30.9 Å². The fourth-order valence-corrected chi connectivity index (χ4v) is 5.58. The van der Waals surface area contributed by atoms with Crippen LogP contribution in [0.3, 0.4) is 0 Å². The smallest absolute Gasteiger partial charge is 0.410 e. The average molecular weight is 490 g/mol. The highest BCUT2D eigenvalue weighted by Gasteiger charge is 2.48. The second kappa shape index (κ2) is 10.1. The van der Waals surface area contributed by atoms with E-state index < -0.39 is 10.8 Å². The van der Waals surface area contributed by atoms with Crippen LogP contribution in [0.2, 0.25) is 0 Å². The number of nitrogens with zero attached hydrogens (tertiary/aromatic N) is 1. The Balaban J connectivity index is 1.27. The first-order valence-corrected chi connectivity index (χ1v) is 12.4. The van der Waals surface area contributed by atoms with Gasteiger partial charge < -0.3 is 14.4 Å². The molecule has 3 aromatic carbocycles. The summed E-state index contributed by atoms with van der Waals surface area (Å²) in [6, 6.07) is 28.3. The van der Waals surface area contributed by atoms with Crippen molar-refractivity contribution in [2.75, 3.05) is 0 Å². The fraction of sp³-hybridized carbons (Fsp3) is 0.310. The number of amides is 1. The normalized spacial score (nSPS) is 21.4. The molecule has 2 bridgehead atoms. The lowest BCUT2D eigenvalue weighted by Gasteiger charge is -2.38. The summed E-state index contributed by atoms with van der Waals surface area (Å²) in [4.78, 5) is 26.9. The third-order valence-corrected chi connectivity index (χ3v) is 7.59. The number of fused-ring (bicyclic) bond motifs is 2. The molecule has 35 heavy (non-hydrogen) atoms. The van der Waals surface area contributed by atoms with Gasteiger partial charge in [-0.15, -0.1) is 0 Å². The lowest BCUT2D eigenvalue weighted by atomic mass is 9.90. The Labute approximate surface area is 210 Å². The van der Waals surface area contributed by atoms with Crippen LogP contribution in [0, 0.1) is 0 Å². The third kappa shape index (κ3) is 4.78. The Bertz CT molecular complexity index is 1100. The van der Waals surface area contributed by atoms with Gasteiger partial charge in [-0.05, 0) is 29.5 Å². The van der Waals surface area contributed by atoms with Crippen molar-refractivity contribution in [3.05, 3.63) is 108 Å². The summed E-state index contributed by atoms with van der Waals surface area (Å²) in [5.74, 6) is -0.485. The molecular weight excluding hydrogens is 462 g/mol. The molecule has 0 aliphatic carbocycles. The van der Waals surface area contributed by atoms with Crippen molar-refractivity contribution in [3.63, 3.8) is 0 Å². The zero-order valence-corrected chi connectivity index (χ0v) is 20.1. The fourth-order valence-electron chi connectivity index (χ4n) is 5.29. The summed E-state index contributed by atoms with van der Waals surface area (Å²) in [7, 11) is 0. The molecule has 0 spiro atoms. The van der Waals surface area contributed by atoms with Gasteiger partial charge in [0.2, 0.25) is 0 Å². The summed E-state index contributed by atoms with van der Waals surface area (Å²) in [6.07, 6.45) is 2.32. The molecule has 1 amide bonds. The summed E-state index contributed by atoms with van der Waals surface area (Å²) >= 11 is 7.07. The van der Waals surface area contributed by atoms with Gasteiger partial charge in [0, 0.05) is 24.9 Å². The molecule has 0 saturated carbocycles. The number of hydrogen-bond acceptors (Lipinski definition) is 4. The van der Waals surface area contributed by atoms with E-state index in [2.05, 4.69) is 0 Å². The first kappa shape index (κ1) is 23.4. The second-order valence-electron chi connectivity index (χ2n) is 9.22. The minimum Gasteiger partial charge on any atom is -0.460 e. The van der Waals surface area contributed by atoms with Crippen LogP contribution in [0.1, 0.15) is 42.4 Å². The van der Waals surface area contributed by atoms with E-state index in [1.54, 1.807) is 0 Å². The highest BCUT2D eigenvalue weighted by Crippen LogP contribution is 2.41. The van der Waals surface area contributed by atoms with Gasteiger partial charge in [-0.1, -0.05) is 103 Å². The molecule has 3 aromatic rings. The maximum absolute atomic E-state index is 13.6. The van der Waals surface area contributed by atoms with E-state index >= 15 is 0 Å². The Morgan fingerprint density at radius 1 is 0.800 bits per heavy atom. The van der Waals surface area contributed by atoms with Crippen molar-refractivity contribution >= 4 is 23.7 Å². The van der Waals surface area contributed by atoms with Gasteiger partial charge in [-0.3, -0.25) is 0 Å². The molecule has 5 nitrogen and oxygen atoms in total.